The molecule has 0 atom stereocenters. The predicted molar refractivity (Wildman–Crippen MR) is 71.3 cm³/mol. The maximum absolute atomic E-state index is 8.59. The zero-order valence-corrected chi connectivity index (χ0v) is 10.4. The van der Waals surface area contributed by atoms with Crippen LogP contribution in [0.2, 0.25) is 0 Å². The van der Waals surface area contributed by atoms with Gasteiger partial charge in [0.1, 0.15) is 12.4 Å². The second kappa shape index (κ2) is 5.88. The van der Waals surface area contributed by atoms with Crippen molar-refractivity contribution in [2.45, 2.75) is 20.0 Å². The number of ether oxygens (including phenoxy) is 1. The molecule has 0 heterocycles. The van der Waals surface area contributed by atoms with E-state index in [1.807, 2.05) is 48.5 Å². The number of hydrogen-bond acceptors (Lipinski definition) is 2. The molecule has 90 valence electrons. The SMILES string of the molecule is Cc1ccc(OCc2ccc(CC#N)cc2)cc1. The second-order valence-corrected chi connectivity index (χ2v) is 4.25. The third-order valence-electron chi connectivity index (χ3n) is 2.73. The molecule has 0 aliphatic rings. The van der Waals surface area contributed by atoms with E-state index >= 15 is 0 Å². The summed E-state index contributed by atoms with van der Waals surface area (Å²) in [7, 11) is 0. The normalized spacial score (nSPS) is 9.78. The van der Waals surface area contributed by atoms with Gasteiger partial charge in [-0.1, -0.05) is 42.0 Å². The Morgan fingerprint density at radius 1 is 0.944 bits per heavy atom. The number of aryl methyl sites for hydroxylation is 1. The van der Waals surface area contributed by atoms with Crippen molar-refractivity contribution in [2.24, 2.45) is 0 Å². The zero-order valence-electron chi connectivity index (χ0n) is 10.4. The Morgan fingerprint density at radius 3 is 2.17 bits per heavy atom. The van der Waals surface area contributed by atoms with E-state index in [9.17, 15) is 0 Å². The molecule has 0 aliphatic heterocycles. The molecule has 0 radical (unpaired) electrons. The molecule has 0 aromatic heterocycles. The molecule has 18 heavy (non-hydrogen) atoms. The van der Waals surface area contributed by atoms with Gasteiger partial charge in [0, 0.05) is 0 Å². The molecule has 0 amide bonds. The molecule has 2 rings (SSSR count). The van der Waals surface area contributed by atoms with Crippen molar-refractivity contribution in [3.63, 3.8) is 0 Å². The van der Waals surface area contributed by atoms with Crippen LogP contribution in [0.15, 0.2) is 48.5 Å². The quantitative estimate of drug-likeness (QED) is 0.813. The minimum Gasteiger partial charge on any atom is -0.489 e. The van der Waals surface area contributed by atoms with E-state index in [0.717, 1.165) is 16.9 Å². The van der Waals surface area contributed by atoms with Gasteiger partial charge in [-0.15, -0.1) is 0 Å². The van der Waals surface area contributed by atoms with E-state index in [1.165, 1.54) is 5.56 Å². The van der Waals surface area contributed by atoms with Crippen LogP contribution in [-0.4, -0.2) is 0 Å². The van der Waals surface area contributed by atoms with E-state index in [4.69, 9.17) is 10.00 Å². The lowest BCUT2D eigenvalue weighted by Crippen LogP contribution is -1.95. The highest BCUT2D eigenvalue weighted by Gasteiger charge is 1.97. The van der Waals surface area contributed by atoms with Crippen molar-refractivity contribution in [3.05, 3.63) is 65.2 Å². The molecule has 2 aromatic carbocycles. The first-order valence-electron chi connectivity index (χ1n) is 5.92. The molecular weight excluding hydrogens is 222 g/mol. The average Bonchev–Trinajstić information content (AvgIpc) is 2.40. The summed E-state index contributed by atoms with van der Waals surface area (Å²) >= 11 is 0. The van der Waals surface area contributed by atoms with E-state index in [0.29, 0.717) is 13.0 Å². The van der Waals surface area contributed by atoms with Crippen LogP contribution in [0.1, 0.15) is 16.7 Å². The fraction of sp³-hybridized carbons (Fsp3) is 0.188. The molecule has 0 N–H and O–H groups in total. The fourth-order valence-electron chi connectivity index (χ4n) is 1.65. The van der Waals surface area contributed by atoms with Gasteiger partial charge in [-0.2, -0.15) is 5.26 Å². The van der Waals surface area contributed by atoms with Gasteiger partial charge in [-0.3, -0.25) is 0 Å². The molecule has 0 aliphatic carbocycles. The van der Waals surface area contributed by atoms with Crippen molar-refractivity contribution in [1.82, 2.24) is 0 Å². The first-order chi connectivity index (χ1) is 8.78. The van der Waals surface area contributed by atoms with Crippen molar-refractivity contribution in [3.8, 4) is 11.8 Å². The van der Waals surface area contributed by atoms with Crippen LogP contribution in [0.25, 0.3) is 0 Å². The topological polar surface area (TPSA) is 33.0 Å². The number of rotatable bonds is 4. The van der Waals surface area contributed by atoms with Gasteiger partial charge >= 0.3 is 0 Å². The lowest BCUT2D eigenvalue weighted by molar-refractivity contribution is 0.306. The van der Waals surface area contributed by atoms with Crippen LogP contribution < -0.4 is 4.74 Å². The highest BCUT2D eigenvalue weighted by molar-refractivity contribution is 5.28. The summed E-state index contributed by atoms with van der Waals surface area (Å²) in [5, 5.41) is 8.59. The van der Waals surface area contributed by atoms with E-state index in [1.54, 1.807) is 0 Å². The van der Waals surface area contributed by atoms with Crippen molar-refractivity contribution in [2.75, 3.05) is 0 Å². The Balaban J connectivity index is 1.94. The maximum atomic E-state index is 8.59. The van der Waals surface area contributed by atoms with Crippen LogP contribution in [0.3, 0.4) is 0 Å². The molecule has 0 fully saturated rings. The van der Waals surface area contributed by atoms with Gasteiger partial charge in [0.25, 0.3) is 0 Å². The Kier molecular flexibility index (Phi) is 3.98. The number of nitriles is 1. The van der Waals surface area contributed by atoms with Crippen LogP contribution in [0.5, 0.6) is 5.75 Å². The van der Waals surface area contributed by atoms with Crippen molar-refractivity contribution < 1.29 is 4.74 Å². The van der Waals surface area contributed by atoms with Gasteiger partial charge in [-0.05, 0) is 30.2 Å². The summed E-state index contributed by atoms with van der Waals surface area (Å²) in [5.41, 5.74) is 3.37. The third kappa shape index (κ3) is 3.36. The Morgan fingerprint density at radius 2 is 1.56 bits per heavy atom. The third-order valence-corrected chi connectivity index (χ3v) is 2.73. The van der Waals surface area contributed by atoms with E-state index in [-0.39, 0.29) is 0 Å². The van der Waals surface area contributed by atoms with Gasteiger partial charge in [-0.25, -0.2) is 0 Å². The van der Waals surface area contributed by atoms with Gasteiger partial charge in [0.15, 0.2) is 0 Å². The molecule has 0 spiro atoms. The molecule has 2 aromatic rings. The summed E-state index contributed by atoms with van der Waals surface area (Å²) < 4.78 is 5.68. The lowest BCUT2D eigenvalue weighted by Gasteiger charge is -2.07. The average molecular weight is 237 g/mol. The second-order valence-electron chi connectivity index (χ2n) is 4.25. The predicted octanol–water partition coefficient (Wildman–Crippen LogP) is 3.64. The van der Waals surface area contributed by atoms with Crippen LogP contribution in [0.4, 0.5) is 0 Å². The molecule has 0 saturated carbocycles. The van der Waals surface area contributed by atoms with Gasteiger partial charge in [0.05, 0.1) is 12.5 Å². The maximum Gasteiger partial charge on any atom is 0.119 e. The van der Waals surface area contributed by atoms with Crippen LogP contribution >= 0.6 is 0 Å². The van der Waals surface area contributed by atoms with Crippen molar-refractivity contribution in [1.29, 1.82) is 5.26 Å². The largest absolute Gasteiger partial charge is 0.489 e. The Hall–Kier alpha value is -2.27. The molecule has 2 nitrogen and oxygen atoms in total. The molecule has 2 heteroatoms. The monoisotopic (exact) mass is 237 g/mol. The fourth-order valence-corrected chi connectivity index (χ4v) is 1.65. The first kappa shape index (κ1) is 12.2. The minimum atomic E-state index is 0.457. The molecular formula is C16H15NO. The van der Waals surface area contributed by atoms with Crippen LogP contribution in [0, 0.1) is 18.3 Å². The first-order valence-corrected chi connectivity index (χ1v) is 5.92. The summed E-state index contributed by atoms with van der Waals surface area (Å²) in [6, 6.07) is 18.1. The number of hydrogen-bond donors (Lipinski definition) is 0. The Labute approximate surface area is 107 Å². The van der Waals surface area contributed by atoms with Gasteiger partial charge < -0.3 is 4.74 Å². The molecule has 0 unspecified atom stereocenters. The van der Waals surface area contributed by atoms with E-state index in [2.05, 4.69) is 13.0 Å². The van der Waals surface area contributed by atoms with Crippen molar-refractivity contribution >= 4 is 0 Å². The lowest BCUT2D eigenvalue weighted by atomic mass is 10.1. The summed E-state index contributed by atoms with van der Waals surface area (Å²) in [6.45, 7) is 2.60. The minimum absolute atomic E-state index is 0.457. The summed E-state index contributed by atoms with van der Waals surface area (Å²) in [6.07, 6.45) is 0.457. The number of nitrogens with zero attached hydrogens (tertiary/aromatic N) is 1. The highest BCUT2D eigenvalue weighted by Crippen LogP contribution is 2.14. The van der Waals surface area contributed by atoms with E-state index < -0.39 is 0 Å². The molecule has 0 saturated heterocycles. The van der Waals surface area contributed by atoms with Gasteiger partial charge in [0.2, 0.25) is 0 Å². The zero-order chi connectivity index (χ0) is 12.8. The Bertz CT molecular complexity index is 535. The smallest absolute Gasteiger partial charge is 0.119 e. The molecule has 0 bridgehead atoms. The number of benzene rings is 2. The highest BCUT2D eigenvalue weighted by atomic mass is 16.5. The standard InChI is InChI=1S/C16H15NO/c1-13-2-8-16(9-3-13)18-12-15-6-4-14(5-7-15)10-11-17/h2-9H,10,12H2,1H3. The summed E-state index contributed by atoms with van der Waals surface area (Å²) in [4.78, 5) is 0. The summed E-state index contributed by atoms with van der Waals surface area (Å²) in [5.74, 6) is 0.877. The van der Waals surface area contributed by atoms with Crippen LogP contribution in [-0.2, 0) is 13.0 Å².